The molecule has 1 aliphatic carbocycles. The maximum absolute atomic E-state index is 14.0. The normalized spacial score (nSPS) is 17.0. The second kappa shape index (κ2) is 11.5. The Balaban J connectivity index is 1.29. The third kappa shape index (κ3) is 6.67. The molecule has 39 heavy (non-hydrogen) atoms. The van der Waals surface area contributed by atoms with Gasteiger partial charge in [0.2, 0.25) is 0 Å². The van der Waals surface area contributed by atoms with E-state index in [2.05, 4.69) is 15.2 Å². The number of halogens is 1. The van der Waals surface area contributed by atoms with E-state index in [1.165, 1.54) is 0 Å². The van der Waals surface area contributed by atoms with Gasteiger partial charge in [0.1, 0.15) is 11.1 Å². The number of nitrogens with zero attached hydrogens (tertiary/aromatic N) is 3. The first-order valence-corrected chi connectivity index (χ1v) is 14.2. The van der Waals surface area contributed by atoms with Crippen LogP contribution in [0.5, 0.6) is 0 Å². The van der Waals surface area contributed by atoms with E-state index in [-0.39, 0.29) is 24.1 Å². The minimum absolute atomic E-state index is 0.0240. The molecule has 1 N–H and O–H groups in total. The number of ether oxygens (including phenoxy) is 1. The van der Waals surface area contributed by atoms with Gasteiger partial charge in [-0.1, -0.05) is 36.6 Å². The molecule has 0 bridgehead atoms. The number of hydrogen-bond acceptors (Lipinski definition) is 6. The predicted molar refractivity (Wildman–Crippen MR) is 152 cm³/mol. The summed E-state index contributed by atoms with van der Waals surface area (Å²) in [5.74, 6) is 0.0240. The fourth-order valence-electron chi connectivity index (χ4n) is 5.58. The summed E-state index contributed by atoms with van der Waals surface area (Å²) in [4.78, 5) is 35.0. The first kappa shape index (κ1) is 27.3. The first-order chi connectivity index (χ1) is 18.7. The van der Waals surface area contributed by atoms with Crippen LogP contribution in [0.15, 0.2) is 46.9 Å². The smallest absolute Gasteiger partial charge is 0.410 e. The first-order valence-electron chi connectivity index (χ1n) is 13.9. The predicted octanol–water partition coefficient (Wildman–Crippen LogP) is 6.88. The zero-order valence-corrected chi connectivity index (χ0v) is 23.7. The van der Waals surface area contributed by atoms with Crippen molar-refractivity contribution in [1.29, 1.82) is 0 Å². The summed E-state index contributed by atoms with van der Waals surface area (Å²) in [7, 11) is 0. The van der Waals surface area contributed by atoms with Crippen molar-refractivity contribution in [3.8, 4) is 0 Å². The largest absolute Gasteiger partial charge is 0.444 e. The van der Waals surface area contributed by atoms with Crippen molar-refractivity contribution in [3.63, 3.8) is 0 Å². The summed E-state index contributed by atoms with van der Waals surface area (Å²) in [5, 5.41) is 3.88. The van der Waals surface area contributed by atoms with E-state index < -0.39 is 5.60 Å². The third-order valence-corrected chi connectivity index (χ3v) is 7.66. The summed E-state index contributed by atoms with van der Waals surface area (Å²) in [6.07, 6.45) is 5.50. The average Bonchev–Trinajstić information content (AvgIpc) is 3.56. The van der Waals surface area contributed by atoms with Crippen molar-refractivity contribution in [2.75, 3.05) is 18.4 Å². The number of oxazole rings is 1. The summed E-state index contributed by atoms with van der Waals surface area (Å²) in [6, 6.07) is 13.8. The van der Waals surface area contributed by atoms with Crippen LogP contribution in [-0.2, 0) is 11.3 Å². The number of hydrogen-bond donors (Lipinski definition) is 1. The lowest BCUT2D eigenvalue weighted by atomic mass is 9.99. The molecule has 2 amide bonds. The highest BCUT2D eigenvalue weighted by Crippen LogP contribution is 2.31. The van der Waals surface area contributed by atoms with Gasteiger partial charge in [-0.15, -0.1) is 0 Å². The van der Waals surface area contributed by atoms with Crippen molar-refractivity contribution in [3.05, 3.63) is 58.6 Å². The maximum atomic E-state index is 14.0. The molecule has 8 nitrogen and oxygen atoms in total. The van der Waals surface area contributed by atoms with Gasteiger partial charge in [-0.05, 0) is 82.3 Å². The van der Waals surface area contributed by atoms with E-state index in [0.29, 0.717) is 47.3 Å². The minimum Gasteiger partial charge on any atom is -0.444 e. The number of benzene rings is 2. The van der Waals surface area contributed by atoms with E-state index >= 15 is 0 Å². The van der Waals surface area contributed by atoms with Crippen molar-refractivity contribution >= 4 is 40.7 Å². The Morgan fingerprint density at radius 3 is 2.49 bits per heavy atom. The molecular formula is C30H37ClN4O4. The van der Waals surface area contributed by atoms with Crippen LogP contribution in [0.2, 0.25) is 5.02 Å². The van der Waals surface area contributed by atoms with E-state index in [9.17, 15) is 9.59 Å². The standard InChI is InChI=1S/C30H37ClN4O4/c1-30(2,3)39-29(37)34-15-13-24(14-16-34)35(23-9-4-5-10-23)27(36)21-11-12-26-25(18-21)33-28(38-26)32-19-20-7-6-8-22(31)17-20/h6-8,11-12,17-18,23-24H,4-5,9-10,13-16,19H2,1-3H3,(H,32,33). The Morgan fingerprint density at radius 2 is 1.79 bits per heavy atom. The molecular weight excluding hydrogens is 516 g/mol. The monoisotopic (exact) mass is 552 g/mol. The Kier molecular flexibility index (Phi) is 8.03. The fraction of sp³-hybridized carbons (Fsp3) is 0.500. The Labute approximate surface area is 234 Å². The SMILES string of the molecule is CC(C)(C)OC(=O)N1CCC(N(C(=O)c2ccc3oc(NCc4cccc(Cl)c4)nc3c2)C2CCCC2)CC1. The molecule has 2 aromatic carbocycles. The van der Waals surface area contributed by atoms with Crippen LogP contribution in [0.25, 0.3) is 11.1 Å². The topological polar surface area (TPSA) is 87.9 Å². The van der Waals surface area contributed by atoms with Crippen molar-refractivity contribution < 1.29 is 18.7 Å². The fourth-order valence-corrected chi connectivity index (χ4v) is 5.79. The number of carbonyl (C=O) groups excluding carboxylic acids is 2. The molecule has 1 saturated carbocycles. The molecule has 1 aromatic heterocycles. The van der Waals surface area contributed by atoms with Gasteiger partial charge in [0.15, 0.2) is 5.58 Å². The number of fused-ring (bicyclic) bond motifs is 1. The van der Waals surface area contributed by atoms with Gasteiger partial charge in [0.05, 0.1) is 0 Å². The van der Waals surface area contributed by atoms with Crippen LogP contribution in [0.3, 0.4) is 0 Å². The Bertz CT molecular complexity index is 1320. The molecule has 1 saturated heterocycles. The Hall–Kier alpha value is -3.26. The molecule has 0 spiro atoms. The van der Waals surface area contributed by atoms with Crippen molar-refractivity contribution in [2.24, 2.45) is 0 Å². The van der Waals surface area contributed by atoms with Crippen LogP contribution < -0.4 is 5.32 Å². The molecule has 0 unspecified atom stereocenters. The summed E-state index contributed by atoms with van der Waals surface area (Å²) < 4.78 is 11.4. The maximum Gasteiger partial charge on any atom is 0.410 e. The summed E-state index contributed by atoms with van der Waals surface area (Å²) >= 11 is 6.08. The highest BCUT2D eigenvalue weighted by atomic mass is 35.5. The van der Waals surface area contributed by atoms with Crippen LogP contribution in [0.4, 0.5) is 10.8 Å². The van der Waals surface area contributed by atoms with Crippen molar-refractivity contribution in [2.45, 2.75) is 83.5 Å². The number of amides is 2. The lowest BCUT2D eigenvalue weighted by Gasteiger charge is -2.41. The van der Waals surface area contributed by atoms with Crippen LogP contribution in [-0.4, -0.2) is 57.6 Å². The molecule has 1 aliphatic heterocycles. The number of rotatable bonds is 6. The highest BCUT2D eigenvalue weighted by Gasteiger charge is 2.36. The highest BCUT2D eigenvalue weighted by molar-refractivity contribution is 6.30. The number of carbonyl (C=O) groups is 2. The van der Waals surface area contributed by atoms with Gasteiger partial charge in [0.25, 0.3) is 11.9 Å². The number of nitrogens with one attached hydrogen (secondary N) is 1. The van der Waals surface area contributed by atoms with Gasteiger partial charge in [-0.25, -0.2) is 4.79 Å². The van der Waals surface area contributed by atoms with Gasteiger partial charge >= 0.3 is 6.09 Å². The second-order valence-corrected chi connectivity index (χ2v) is 12.0. The Morgan fingerprint density at radius 1 is 1.08 bits per heavy atom. The molecule has 0 radical (unpaired) electrons. The lowest BCUT2D eigenvalue weighted by molar-refractivity contribution is 0.0117. The van der Waals surface area contributed by atoms with Crippen LogP contribution in [0, 0.1) is 0 Å². The van der Waals surface area contributed by atoms with Gasteiger partial charge in [-0.3, -0.25) is 4.79 Å². The molecule has 2 aliphatic rings. The van der Waals surface area contributed by atoms with Gasteiger partial charge < -0.3 is 24.3 Å². The second-order valence-electron chi connectivity index (χ2n) is 11.5. The number of aromatic nitrogens is 1. The minimum atomic E-state index is -0.524. The lowest BCUT2D eigenvalue weighted by Crippen LogP contribution is -2.52. The molecule has 5 rings (SSSR count). The molecule has 208 valence electrons. The zero-order valence-electron chi connectivity index (χ0n) is 22.9. The van der Waals surface area contributed by atoms with Gasteiger partial charge in [-0.2, -0.15) is 4.98 Å². The number of piperidine rings is 1. The summed E-state index contributed by atoms with van der Waals surface area (Å²) in [5.41, 5.74) is 2.37. The van der Waals surface area contributed by atoms with Crippen LogP contribution in [0.1, 0.15) is 75.2 Å². The van der Waals surface area contributed by atoms with E-state index in [1.807, 2.05) is 63.2 Å². The third-order valence-electron chi connectivity index (χ3n) is 7.43. The molecule has 2 fully saturated rings. The van der Waals surface area contributed by atoms with Crippen molar-refractivity contribution in [1.82, 2.24) is 14.8 Å². The quantitative estimate of drug-likeness (QED) is 0.359. The van der Waals surface area contributed by atoms with Gasteiger partial charge in [0, 0.05) is 42.3 Å². The van der Waals surface area contributed by atoms with E-state index in [4.69, 9.17) is 20.8 Å². The number of anilines is 1. The molecule has 0 atom stereocenters. The van der Waals surface area contributed by atoms with Crippen LogP contribution >= 0.6 is 11.6 Å². The van der Waals surface area contributed by atoms with E-state index in [0.717, 1.165) is 44.1 Å². The molecule has 9 heteroatoms. The zero-order chi connectivity index (χ0) is 27.6. The molecule has 2 heterocycles. The summed E-state index contributed by atoms with van der Waals surface area (Å²) in [6.45, 7) is 7.32. The average molecular weight is 553 g/mol. The number of likely N-dealkylation sites (tertiary alicyclic amines) is 1. The van der Waals surface area contributed by atoms with E-state index in [1.54, 1.807) is 4.90 Å². The molecule has 3 aromatic rings.